The molecule has 3 aliphatic rings. The van der Waals surface area contributed by atoms with Gasteiger partial charge < -0.3 is 0 Å². The summed E-state index contributed by atoms with van der Waals surface area (Å²) in [6.07, 6.45) is 19.5. The van der Waals surface area contributed by atoms with Crippen LogP contribution in [0.25, 0.3) is 0 Å². The molecule has 0 N–H and O–H groups in total. The average molecular weight is 459 g/mol. The Balaban J connectivity index is 1.31. The van der Waals surface area contributed by atoms with E-state index in [1.165, 1.54) is 77.0 Å². The van der Waals surface area contributed by atoms with E-state index in [-0.39, 0.29) is 11.8 Å². The minimum absolute atomic E-state index is 0.208. The highest BCUT2D eigenvalue weighted by Crippen LogP contribution is 2.47. The molecule has 3 saturated carbocycles. The lowest BCUT2D eigenvalue weighted by molar-refractivity contribution is 0.122. The summed E-state index contributed by atoms with van der Waals surface area (Å²) in [4.78, 5) is 0. The van der Waals surface area contributed by atoms with Crippen molar-refractivity contribution in [3.8, 4) is 0 Å². The summed E-state index contributed by atoms with van der Waals surface area (Å²) in [6.45, 7) is 7.06. The molecule has 3 aliphatic carbocycles. The molecule has 0 amide bonds. The van der Waals surface area contributed by atoms with Gasteiger partial charge in [-0.25, -0.2) is 8.78 Å². The van der Waals surface area contributed by atoms with Crippen LogP contribution in [0, 0.1) is 34.8 Å². The zero-order chi connectivity index (χ0) is 23.4. The lowest BCUT2D eigenvalue weighted by Crippen LogP contribution is -2.28. The molecule has 0 spiro atoms. The molecule has 3 fully saturated rings. The molecular formula is C31H48F2. The highest BCUT2D eigenvalue weighted by molar-refractivity contribution is 5.32. The largest absolute Gasteiger partial charge is 0.203 e. The standard InChI is InChI=1S/C31H48F2/c1-4-5-6-7-22-8-10-25(11-9-22)27-16-17-28(30(33)29(27)32)26-14-12-23(13-15-26)24-18-20-31(2,3)21-19-24/h16-17,22-26H,4-15,18-21H2,1-3H3. The highest BCUT2D eigenvalue weighted by atomic mass is 19.2. The first-order valence-corrected chi connectivity index (χ1v) is 14.4. The van der Waals surface area contributed by atoms with Crippen LogP contribution in [0.1, 0.15) is 146 Å². The summed E-state index contributed by atoms with van der Waals surface area (Å²) < 4.78 is 30.5. The van der Waals surface area contributed by atoms with E-state index in [2.05, 4.69) is 20.8 Å². The van der Waals surface area contributed by atoms with Crippen molar-refractivity contribution in [1.82, 2.24) is 0 Å². The van der Waals surface area contributed by atoms with Crippen molar-refractivity contribution in [1.29, 1.82) is 0 Å². The second-order valence-electron chi connectivity index (χ2n) is 12.7. The van der Waals surface area contributed by atoms with Gasteiger partial charge in [0.15, 0.2) is 11.6 Å². The van der Waals surface area contributed by atoms with Crippen molar-refractivity contribution < 1.29 is 8.78 Å². The molecule has 0 unspecified atom stereocenters. The normalized spacial score (nSPS) is 30.9. The fourth-order valence-corrected chi connectivity index (χ4v) is 7.45. The van der Waals surface area contributed by atoms with Gasteiger partial charge in [0.1, 0.15) is 0 Å². The smallest absolute Gasteiger partial charge is 0.162 e. The summed E-state index contributed by atoms with van der Waals surface area (Å²) in [5, 5.41) is 0. The van der Waals surface area contributed by atoms with E-state index < -0.39 is 11.6 Å². The topological polar surface area (TPSA) is 0 Å². The van der Waals surface area contributed by atoms with Gasteiger partial charge in [0.2, 0.25) is 0 Å². The maximum absolute atomic E-state index is 15.2. The number of hydrogen-bond donors (Lipinski definition) is 0. The van der Waals surface area contributed by atoms with Crippen molar-refractivity contribution in [3.05, 3.63) is 34.9 Å². The average Bonchev–Trinajstić information content (AvgIpc) is 2.82. The lowest BCUT2D eigenvalue weighted by Gasteiger charge is -2.40. The lowest BCUT2D eigenvalue weighted by atomic mass is 9.65. The van der Waals surface area contributed by atoms with Gasteiger partial charge >= 0.3 is 0 Å². The quantitative estimate of drug-likeness (QED) is 0.356. The second kappa shape index (κ2) is 11.2. The predicted octanol–water partition coefficient (Wildman–Crippen LogP) is 10.3. The van der Waals surface area contributed by atoms with E-state index in [0.29, 0.717) is 16.5 Å². The fraction of sp³-hybridized carbons (Fsp3) is 0.806. The first kappa shape index (κ1) is 25.2. The molecule has 0 saturated heterocycles. The Labute approximate surface area is 202 Å². The molecule has 0 heterocycles. The molecule has 0 aromatic heterocycles. The third-order valence-electron chi connectivity index (χ3n) is 9.91. The molecule has 0 radical (unpaired) electrons. The minimum Gasteiger partial charge on any atom is -0.203 e. The first-order valence-electron chi connectivity index (χ1n) is 14.4. The Kier molecular flexibility index (Phi) is 8.56. The van der Waals surface area contributed by atoms with Crippen molar-refractivity contribution in [2.45, 2.75) is 135 Å². The van der Waals surface area contributed by atoms with Crippen LogP contribution >= 0.6 is 0 Å². The maximum atomic E-state index is 15.2. The van der Waals surface area contributed by atoms with Gasteiger partial charge in [0, 0.05) is 0 Å². The van der Waals surface area contributed by atoms with Crippen LogP contribution in [-0.4, -0.2) is 0 Å². The maximum Gasteiger partial charge on any atom is 0.162 e. The van der Waals surface area contributed by atoms with E-state index in [4.69, 9.17) is 0 Å². The summed E-state index contributed by atoms with van der Waals surface area (Å²) in [5.74, 6) is 1.82. The van der Waals surface area contributed by atoms with Crippen LogP contribution in [0.15, 0.2) is 12.1 Å². The summed E-state index contributed by atoms with van der Waals surface area (Å²) >= 11 is 0. The van der Waals surface area contributed by atoms with Gasteiger partial charge in [-0.05, 0) is 123 Å². The zero-order valence-corrected chi connectivity index (χ0v) is 21.6. The van der Waals surface area contributed by atoms with Crippen LogP contribution in [0.2, 0.25) is 0 Å². The van der Waals surface area contributed by atoms with Crippen LogP contribution < -0.4 is 0 Å². The molecule has 1 aromatic carbocycles. The Morgan fingerprint density at radius 2 is 1.18 bits per heavy atom. The molecule has 1 aromatic rings. The van der Waals surface area contributed by atoms with Gasteiger partial charge in [0.05, 0.1) is 0 Å². The van der Waals surface area contributed by atoms with Gasteiger partial charge in [-0.1, -0.05) is 58.6 Å². The van der Waals surface area contributed by atoms with Crippen molar-refractivity contribution in [2.75, 3.05) is 0 Å². The van der Waals surface area contributed by atoms with Crippen molar-refractivity contribution >= 4 is 0 Å². The van der Waals surface area contributed by atoms with Gasteiger partial charge in [0.25, 0.3) is 0 Å². The molecular weight excluding hydrogens is 410 g/mol. The molecule has 33 heavy (non-hydrogen) atoms. The molecule has 0 bridgehead atoms. The minimum atomic E-state index is -0.529. The van der Waals surface area contributed by atoms with Crippen LogP contribution in [-0.2, 0) is 0 Å². The van der Waals surface area contributed by atoms with E-state index >= 15 is 8.78 Å². The summed E-state index contributed by atoms with van der Waals surface area (Å²) in [5.41, 5.74) is 1.83. The molecule has 0 aliphatic heterocycles. The van der Waals surface area contributed by atoms with E-state index in [1.54, 1.807) is 0 Å². The summed E-state index contributed by atoms with van der Waals surface area (Å²) in [6, 6.07) is 3.90. The summed E-state index contributed by atoms with van der Waals surface area (Å²) in [7, 11) is 0. The molecule has 4 rings (SSSR count). The van der Waals surface area contributed by atoms with E-state index in [9.17, 15) is 0 Å². The number of unbranched alkanes of at least 4 members (excludes halogenated alkanes) is 2. The molecule has 2 heteroatoms. The molecule has 0 atom stereocenters. The number of halogens is 2. The number of hydrogen-bond acceptors (Lipinski definition) is 0. The van der Waals surface area contributed by atoms with Crippen molar-refractivity contribution in [3.63, 3.8) is 0 Å². The second-order valence-corrected chi connectivity index (χ2v) is 12.7. The highest BCUT2D eigenvalue weighted by Gasteiger charge is 2.35. The zero-order valence-electron chi connectivity index (χ0n) is 21.6. The predicted molar refractivity (Wildman–Crippen MR) is 136 cm³/mol. The number of benzene rings is 1. The van der Waals surface area contributed by atoms with Crippen molar-refractivity contribution in [2.24, 2.45) is 23.2 Å². The van der Waals surface area contributed by atoms with Gasteiger partial charge in [-0.2, -0.15) is 0 Å². The van der Waals surface area contributed by atoms with Gasteiger partial charge in [-0.3, -0.25) is 0 Å². The third kappa shape index (κ3) is 6.21. The Hall–Kier alpha value is -0.920. The number of rotatable bonds is 7. The monoisotopic (exact) mass is 458 g/mol. The fourth-order valence-electron chi connectivity index (χ4n) is 7.45. The van der Waals surface area contributed by atoms with E-state index in [0.717, 1.165) is 43.4 Å². The molecule has 186 valence electrons. The third-order valence-corrected chi connectivity index (χ3v) is 9.91. The van der Waals surface area contributed by atoms with E-state index in [1.807, 2.05) is 12.1 Å². The van der Waals surface area contributed by atoms with Crippen LogP contribution in [0.4, 0.5) is 8.78 Å². The van der Waals surface area contributed by atoms with Gasteiger partial charge in [-0.15, -0.1) is 0 Å². The van der Waals surface area contributed by atoms with Crippen LogP contribution in [0.5, 0.6) is 0 Å². The van der Waals surface area contributed by atoms with Crippen LogP contribution in [0.3, 0.4) is 0 Å². The Morgan fingerprint density at radius 3 is 1.70 bits per heavy atom. The SMILES string of the molecule is CCCCCC1CCC(c2ccc(C3CCC(C4CCC(C)(C)CC4)CC3)c(F)c2F)CC1. The Morgan fingerprint density at radius 1 is 0.697 bits per heavy atom. The Bertz CT molecular complexity index is 740. The molecule has 0 nitrogen and oxygen atoms in total. The first-order chi connectivity index (χ1) is 15.9.